The Labute approximate surface area is 162 Å². The quantitative estimate of drug-likeness (QED) is 0.360. The van der Waals surface area contributed by atoms with Crippen molar-refractivity contribution in [3.8, 4) is 11.3 Å². The predicted octanol–water partition coefficient (Wildman–Crippen LogP) is 6.40. The summed E-state index contributed by atoms with van der Waals surface area (Å²) in [5.41, 5.74) is 5.44. The number of rotatable bonds is 3. The van der Waals surface area contributed by atoms with Gasteiger partial charge in [0.05, 0.1) is 11.4 Å². The minimum Gasteiger partial charge on any atom is -0.303 e. The SMILES string of the molecule is Clc1cccc(-c2nc3c4ccccc4ccn3c2Cc2ccccc2)c1. The van der Waals surface area contributed by atoms with Gasteiger partial charge in [-0.05, 0) is 29.1 Å². The van der Waals surface area contributed by atoms with E-state index in [9.17, 15) is 0 Å². The number of imidazole rings is 1. The van der Waals surface area contributed by atoms with Gasteiger partial charge in [0, 0.05) is 28.6 Å². The lowest BCUT2D eigenvalue weighted by molar-refractivity contribution is 1.03. The largest absolute Gasteiger partial charge is 0.303 e. The van der Waals surface area contributed by atoms with Crippen LogP contribution in [0, 0.1) is 0 Å². The summed E-state index contributed by atoms with van der Waals surface area (Å²) in [5.74, 6) is 0. The molecule has 0 aliphatic rings. The van der Waals surface area contributed by atoms with E-state index in [-0.39, 0.29) is 0 Å². The third-order valence-electron chi connectivity index (χ3n) is 4.93. The summed E-state index contributed by atoms with van der Waals surface area (Å²) in [4.78, 5) is 5.05. The first-order chi connectivity index (χ1) is 13.3. The molecule has 0 saturated heterocycles. The van der Waals surface area contributed by atoms with E-state index in [1.807, 2.05) is 24.3 Å². The fourth-order valence-electron chi connectivity index (χ4n) is 3.64. The standard InChI is InChI=1S/C24H17ClN2/c25-20-11-6-10-19(16-20)23-22(15-17-7-2-1-3-8-17)27-14-13-18-9-4-5-12-21(18)24(27)26-23/h1-14,16H,15H2. The van der Waals surface area contributed by atoms with Crippen LogP contribution in [0.25, 0.3) is 27.7 Å². The van der Waals surface area contributed by atoms with Crippen LogP contribution in [0.4, 0.5) is 0 Å². The van der Waals surface area contributed by atoms with Crippen LogP contribution in [0.2, 0.25) is 5.02 Å². The zero-order chi connectivity index (χ0) is 18.2. The van der Waals surface area contributed by atoms with Crippen molar-refractivity contribution in [2.24, 2.45) is 0 Å². The molecule has 0 N–H and O–H groups in total. The molecule has 2 aromatic heterocycles. The molecule has 0 saturated carbocycles. The maximum Gasteiger partial charge on any atom is 0.145 e. The van der Waals surface area contributed by atoms with Crippen LogP contribution in [0.15, 0.2) is 91.1 Å². The number of nitrogens with zero attached hydrogens (tertiary/aromatic N) is 2. The van der Waals surface area contributed by atoms with Gasteiger partial charge < -0.3 is 4.40 Å². The van der Waals surface area contributed by atoms with Crippen molar-refractivity contribution in [1.29, 1.82) is 0 Å². The van der Waals surface area contributed by atoms with Gasteiger partial charge in [-0.25, -0.2) is 4.98 Å². The summed E-state index contributed by atoms with van der Waals surface area (Å²) >= 11 is 6.27. The molecule has 3 aromatic carbocycles. The Kier molecular flexibility index (Phi) is 3.92. The molecule has 27 heavy (non-hydrogen) atoms. The second-order valence-corrected chi connectivity index (χ2v) is 7.11. The second-order valence-electron chi connectivity index (χ2n) is 6.68. The van der Waals surface area contributed by atoms with Crippen molar-refractivity contribution in [2.75, 3.05) is 0 Å². The Morgan fingerprint density at radius 2 is 1.63 bits per heavy atom. The van der Waals surface area contributed by atoms with Crippen molar-refractivity contribution in [2.45, 2.75) is 6.42 Å². The van der Waals surface area contributed by atoms with Crippen LogP contribution in [-0.2, 0) is 6.42 Å². The lowest BCUT2D eigenvalue weighted by Gasteiger charge is -2.07. The normalized spacial score (nSPS) is 11.3. The fourth-order valence-corrected chi connectivity index (χ4v) is 3.83. The number of halogens is 1. The van der Waals surface area contributed by atoms with Gasteiger partial charge in [-0.2, -0.15) is 0 Å². The van der Waals surface area contributed by atoms with Crippen LogP contribution in [-0.4, -0.2) is 9.38 Å². The van der Waals surface area contributed by atoms with Gasteiger partial charge in [0.2, 0.25) is 0 Å². The molecule has 0 unspecified atom stereocenters. The van der Waals surface area contributed by atoms with Gasteiger partial charge in [-0.1, -0.05) is 78.3 Å². The van der Waals surface area contributed by atoms with Crippen molar-refractivity contribution < 1.29 is 0 Å². The molecule has 0 spiro atoms. The first-order valence-corrected chi connectivity index (χ1v) is 9.36. The molecular formula is C24H17ClN2. The predicted molar refractivity (Wildman–Crippen MR) is 112 cm³/mol. The Morgan fingerprint density at radius 3 is 2.48 bits per heavy atom. The maximum atomic E-state index is 6.27. The highest BCUT2D eigenvalue weighted by Gasteiger charge is 2.16. The van der Waals surface area contributed by atoms with E-state index >= 15 is 0 Å². The molecule has 130 valence electrons. The summed E-state index contributed by atoms with van der Waals surface area (Å²) in [6.07, 6.45) is 2.93. The van der Waals surface area contributed by atoms with E-state index in [0.29, 0.717) is 0 Å². The summed E-state index contributed by atoms with van der Waals surface area (Å²) in [6, 6.07) is 29.0. The van der Waals surface area contributed by atoms with E-state index in [1.165, 1.54) is 16.6 Å². The molecule has 5 aromatic rings. The lowest BCUT2D eigenvalue weighted by Crippen LogP contribution is -1.96. The minimum absolute atomic E-state index is 0.722. The summed E-state index contributed by atoms with van der Waals surface area (Å²) < 4.78 is 2.21. The van der Waals surface area contributed by atoms with Gasteiger partial charge >= 0.3 is 0 Å². The first kappa shape index (κ1) is 16.1. The molecule has 3 heteroatoms. The molecule has 0 bridgehead atoms. The summed E-state index contributed by atoms with van der Waals surface area (Å²) in [6.45, 7) is 0. The van der Waals surface area contributed by atoms with Gasteiger partial charge in [0.1, 0.15) is 5.65 Å². The highest BCUT2D eigenvalue weighted by molar-refractivity contribution is 6.30. The Bertz CT molecular complexity index is 1260. The summed E-state index contributed by atoms with van der Waals surface area (Å²) in [7, 11) is 0. The fraction of sp³-hybridized carbons (Fsp3) is 0.0417. The van der Waals surface area contributed by atoms with Crippen LogP contribution in [0.3, 0.4) is 0 Å². The van der Waals surface area contributed by atoms with Crippen molar-refractivity contribution >= 4 is 28.0 Å². The minimum atomic E-state index is 0.722. The third-order valence-corrected chi connectivity index (χ3v) is 5.16. The lowest BCUT2D eigenvalue weighted by atomic mass is 10.0. The average Bonchev–Trinajstić information content (AvgIpc) is 3.08. The van der Waals surface area contributed by atoms with Crippen LogP contribution in [0.5, 0.6) is 0 Å². The number of fused-ring (bicyclic) bond motifs is 3. The topological polar surface area (TPSA) is 17.3 Å². The molecule has 0 amide bonds. The number of hydrogen-bond acceptors (Lipinski definition) is 1. The molecular weight excluding hydrogens is 352 g/mol. The molecule has 0 fully saturated rings. The second kappa shape index (κ2) is 6.57. The zero-order valence-corrected chi connectivity index (χ0v) is 15.4. The van der Waals surface area contributed by atoms with E-state index in [1.54, 1.807) is 0 Å². The smallest absolute Gasteiger partial charge is 0.145 e. The Morgan fingerprint density at radius 1 is 0.815 bits per heavy atom. The molecule has 0 atom stereocenters. The maximum absolute atomic E-state index is 6.27. The Balaban J connectivity index is 1.81. The highest BCUT2D eigenvalue weighted by Crippen LogP contribution is 2.31. The third kappa shape index (κ3) is 2.88. The van der Waals surface area contributed by atoms with Crippen molar-refractivity contribution in [1.82, 2.24) is 9.38 Å². The zero-order valence-electron chi connectivity index (χ0n) is 14.6. The van der Waals surface area contributed by atoms with Crippen molar-refractivity contribution in [3.63, 3.8) is 0 Å². The summed E-state index contributed by atoms with van der Waals surface area (Å²) in [5, 5.41) is 3.07. The monoisotopic (exact) mass is 368 g/mol. The van der Waals surface area contributed by atoms with E-state index in [0.717, 1.165) is 33.7 Å². The number of aromatic nitrogens is 2. The number of benzene rings is 3. The first-order valence-electron chi connectivity index (χ1n) is 8.98. The van der Waals surface area contributed by atoms with Crippen LogP contribution < -0.4 is 0 Å². The molecule has 5 rings (SSSR count). The molecule has 2 nitrogen and oxygen atoms in total. The number of hydrogen-bond donors (Lipinski definition) is 0. The van der Waals surface area contributed by atoms with Crippen LogP contribution >= 0.6 is 11.6 Å². The average molecular weight is 369 g/mol. The van der Waals surface area contributed by atoms with Crippen molar-refractivity contribution in [3.05, 3.63) is 107 Å². The van der Waals surface area contributed by atoms with Gasteiger partial charge in [-0.15, -0.1) is 0 Å². The van der Waals surface area contributed by atoms with Crippen LogP contribution in [0.1, 0.15) is 11.3 Å². The Hall–Kier alpha value is -3.10. The van der Waals surface area contributed by atoms with E-state index in [2.05, 4.69) is 71.3 Å². The van der Waals surface area contributed by atoms with E-state index < -0.39 is 0 Å². The molecule has 0 radical (unpaired) electrons. The van der Waals surface area contributed by atoms with E-state index in [4.69, 9.17) is 16.6 Å². The molecule has 2 heterocycles. The molecule has 0 aliphatic heterocycles. The van der Waals surface area contributed by atoms with Gasteiger partial charge in [-0.3, -0.25) is 0 Å². The van der Waals surface area contributed by atoms with Gasteiger partial charge in [0.25, 0.3) is 0 Å². The van der Waals surface area contributed by atoms with Gasteiger partial charge in [0.15, 0.2) is 0 Å². The highest BCUT2D eigenvalue weighted by atomic mass is 35.5. The number of pyridine rings is 1. The molecule has 0 aliphatic carbocycles.